The number of aromatic nitrogens is 1. The van der Waals surface area contributed by atoms with Crippen LogP contribution in [0.15, 0.2) is 29.4 Å². The van der Waals surface area contributed by atoms with Gasteiger partial charge in [-0.05, 0) is 25.0 Å². The first-order chi connectivity index (χ1) is 10.3. The Morgan fingerprint density at radius 1 is 1.50 bits per heavy atom. The molecule has 0 unspecified atom stereocenters. The summed E-state index contributed by atoms with van der Waals surface area (Å²) in [6, 6.07) is 2.00. The zero-order valence-corrected chi connectivity index (χ0v) is 12.9. The van der Waals surface area contributed by atoms with Gasteiger partial charge in [-0.1, -0.05) is 0 Å². The van der Waals surface area contributed by atoms with Gasteiger partial charge < -0.3 is 10.0 Å². The molecule has 1 aliphatic rings. The Kier molecular flexibility index (Phi) is 4.77. The van der Waals surface area contributed by atoms with Gasteiger partial charge in [0, 0.05) is 26.0 Å². The van der Waals surface area contributed by atoms with Gasteiger partial charge in [0.25, 0.3) is 0 Å². The number of carbonyl (C=O) groups is 2. The van der Waals surface area contributed by atoms with Crippen LogP contribution in [0.2, 0.25) is 0 Å². The SMILES string of the molecule is CN(CC(=O)N1CCC[C@H]1C(=O)O)S(=O)(=O)c1cccnc1. The minimum Gasteiger partial charge on any atom is -0.480 e. The van der Waals surface area contributed by atoms with Crippen molar-refractivity contribution in [1.29, 1.82) is 0 Å². The molecule has 1 fully saturated rings. The summed E-state index contributed by atoms with van der Waals surface area (Å²) < 4.78 is 25.5. The van der Waals surface area contributed by atoms with E-state index in [-0.39, 0.29) is 4.90 Å². The predicted molar refractivity (Wildman–Crippen MR) is 76.4 cm³/mol. The third-order valence-electron chi connectivity index (χ3n) is 3.56. The standard InChI is InChI=1S/C13H17N3O5S/c1-15(22(20,21)10-4-2-6-14-8-10)9-12(17)16-7-3-5-11(16)13(18)19/h2,4,6,8,11H,3,5,7,9H2,1H3,(H,18,19)/t11-/m0/s1. The normalized spacial score (nSPS) is 18.6. The molecule has 1 amide bonds. The van der Waals surface area contributed by atoms with E-state index in [1.165, 1.54) is 36.5 Å². The number of amides is 1. The van der Waals surface area contributed by atoms with Crippen LogP contribution in [-0.4, -0.2) is 65.8 Å². The Morgan fingerprint density at radius 2 is 2.23 bits per heavy atom. The number of nitrogens with zero attached hydrogens (tertiary/aromatic N) is 3. The van der Waals surface area contributed by atoms with Crippen molar-refractivity contribution in [3.8, 4) is 0 Å². The third-order valence-corrected chi connectivity index (χ3v) is 5.35. The highest BCUT2D eigenvalue weighted by atomic mass is 32.2. The maximum Gasteiger partial charge on any atom is 0.326 e. The molecule has 0 bridgehead atoms. The maximum absolute atomic E-state index is 12.3. The molecule has 2 heterocycles. The molecule has 1 atom stereocenters. The monoisotopic (exact) mass is 327 g/mol. The molecule has 1 saturated heterocycles. The number of aliphatic carboxylic acids is 1. The Morgan fingerprint density at radius 3 is 2.82 bits per heavy atom. The second kappa shape index (κ2) is 6.41. The van der Waals surface area contributed by atoms with E-state index >= 15 is 0 Å². The zero-order chi connectivity index (χ0) is 16.3. The highest BCUT2D eigenvalue weighted by Crippen LogP contribution is 2.19. The summed E-state index contributed by atoms with van der Waals surface area (Å²) in [5.41, 5.74) is 0. The maximum atomic E-state index is 12.3. The first kappa shape index (κ1) is 16.4. The highest BCUT2D eigenvalue weighted by molar-refractivity contribution is 7.89. The molecule has 0 saturated carbocycles. The van der Waals surface area contributed by atoms with Crippen molar-refractivity contribution in [3.63, 3.8) is 0 Å². The minimum atomic E-state index is -3.83. The molecule has 1 aromatic heterocycles. The summed E-state index contributed by atoms with van der Waals surface area (Å²) in [6.07, 6.45) is 3.64. The van der Waals surface area contributed by atoms with Gasteiger partial charge in [-0.15, -0.1) is 0 Å². The molecule has 0 spiro atoms. The molecule has 1 aliphatic heterocycles. The number of hydrogen-bond donors (Lipinski definition) is 1. The number of hydrogen-bond acceptors (Lipinski definition) is 5. The second-order valence-electron chi connectivity index (χ2n) is 5.03. The van der Waals surface area contributed by atoms with Gasteiger partial charge in [-0.2, -0.15) is 4.31 Å². The van der Waals surface area contributed by atoms with E-state index in [2.05, 4.69) is 4.98 Å². The molecule has 8 nitrogen and oxygen atoms in total. The van der Waals surface area contributed by atoms with Gasteiger partial charge >= 0.3 is 5.97 Å². The largest absolute Gasteiger partial charge is 0.480 e. The summed E-state index contributed by atoms with van der Waals surface area (Å²) in [7, 11) is -2.54. The summed E-state index contributed by atoms with van der Waals surface area (Å²) in [5, 5.41) is 9.07. The number of carboxylic acids is 1. The number of carbonyl (C=O) groups excluding carboxylic acids is 1. The quantitative estimate of drug-likeness (QED) is 0.801. The lowest BCUT2D eigenvalue weighted by Crippen LogP contribution is -2.45. The summed E-state index contributed by atoms with van der Waals surface area (Å²) >= 11 is 0. The Hall–Kier alpha value is -2.00. The van der Waals surface area contributed by atoms with E-state index in [9.17, 15) is 18.0 Å². The molecular weight excluding hydrogens is 310 g/mol. The van der Waals surface area contributed by atoms with Crippen LogP contribution < -0.4 is 0 Å². The Balaban J connectivity index is 2.10. The fourth-order valence-electron chi connectivity index (χ4n) is 2.37. The van der Waals surface area contributed by atoms with Crippen LogP contribution in [0.25, 0.3) is 0 Å². The summed E-state index contributed by atoms with van der Waals surface area (Å²) in [4.78, 5) is 28.2. The summed E-state index contributed by atoms with van der Waals surface area (Å²) in [5.74, 6) is -1.58. The first-order valence-corrected chi connectivity index (χ1v) is 8.16. The number of carboxylic acid groups (broad SMARTS) is 1. The Bertz CT molecular complexity index is 662. The van der Waals surface area contributed by atoms with E-state index < -0.39 is 34.5 Å². The van der Waals surface area contributed by atoms with Crippen molar-refractivity contribution in [2.45, 2.75) is 23.8 Å². The average Bonchev–Trinajstić information content (AvgIpc) is 2.97. The van der Waals surface area contributed by atoms with Gasteiger partial charge in [0.15, 0.2) is 0 Å². The van der Waals surface area contributed by atoms with Crippen molar-refractivity contribution in [3.05, 3.63) is 24.5 Å². The third kappa shape index (κ3) is 3.25. The topological polar surface area (TPSA) is 108 Å². The molecule has 9 heteroatoms. The van der Waals surface area contributed by atoms with Crippen molar-refractivity contribution in [2.24, 2.45) is 0 Å². The van der Waals surface area contributed by atoms with Crippen LogP contribution in [0.3, 0.4) is 0 Å². The van der Waals surface area contributed by atoms with Gasteiger partial charge in [0.2, 0.25) is 15.9 Å². The number of rotatable bonds is 5. The zero-order valence-electron chi connectivity index (χ0n) is 12.0. The number of sulfonamides is 1. The van der Waals surface area contributed by atoms with Gasteiger partial charge in [-0.3, -0.25) is 9.78 Å². The van der Waals surface area contributed by atoms with Crippen molar-refractivity contribution in [2.75, 3.05) is 20.1 Å². The van der Waals surface area contributed by atoms with Crippen LogP contribution >= 0.6 is 0 Å². The van der Waals surface area contributed by atoms with Crippen LogP contribution in [0.4, 0.5) is 0 Å². The highest BCUT2D eigenvalue weighted by Gasteiger charge is 2.35. The smallest absolute Gasteiger partial charge is 0.326 e. The lowest BCUT2D eigenvalue weighted by molar-refractivity contribution is -0.148. The fraction of sp³-hybridized carbons (Fsp3) is 0.462. The van der Waals surface area contributed by atoms with Gasteiger partial charge in [0.1, 0.15) is 10.9 Å². The molecule has 120 valence electrons. The number of likely N-dealkylation sites (tertiary alicyclic amines) is 1. The van der Waals surface area contributed by atoms with Crippen LogP contribution in [-0.2, 0) is 19.6 Å². The molecule has 0 radical (unpaired) electrons. The average molecular weight is 327 g/mol. The molecule has 1 aromatic rings. The van der Waals surface area contributed by atoms with Crippen LogP contribution in [0, 0.1) is 0 Å². The lowest BCUT2D eigenvalue weighted by atomic mass is 10.2. The molecule has 1 N–H and O–H groups in total. The number of pyridine rings is 1. The molecule has 2 rings (SSSR count). The van der Waals surface area contributed by atoms with E-state index in [0.717, 1.165) is 4.31 Å². The fourth-order valence-corrected chi connectivity index (χ4v) is 3.45. The predicted octanol–water partition coefficient (Wildman–Crippen LogP) is -0.222. The molecular formula is C13H17N3O5S. The molecule has 0 aromatic carbocycles. The van der Waals surface area contributed by atoms with E-state index in [0.29, 0.717) is 19.4 Å². The van der Waals surface area contributed by atoms with E-state index in [4.69, 9.17) is 5.11 Å². The molecule has 22 heavy (non-hydrogen) atoms. The molecule has 0 aliphatic carbocycles. The second-order valence-corrected chi connectivity index (χ2v) is 7.08. The van der Waals surface area contributed by atoms with E-state index in [1.807, 2.05) is 0 Å². The van der Waals surface area contributed by atoms with Crippen LogP contribution in [0.1, 0.15) is 12.8 Å². The Labute approximate surface area is 128 Å². The number of likely N-dealkylation sites (N-methyl/N-ethyl adjacent to an activating group) is 1. The minimum absolute atomic E-state index is 0.0125. The van der Waals surface area contributed by atoms with Crippen molar-refractivity contribution >= 4 is 21.9 Å². The van der Waals surface area contributed by atoms with Crippen molar-refractivity contribution in [1.82, 2.24) is 14.2 Å². The van der Waals surface area contributed by atoms with Gasteiger partial charge in [0.05, 0.1) is 6.54 Å². The lowest BCUT2D eigenvalue weighted by Gasteiger charge is -2.24. The van der Waals surface area contributed by atoms with E-state index in [1.54, 1.807) is 0 Å². The first-order valence-electron chi connectivity index (χ1n) is 6.72. The van der Waals surface area contributed by atoms with Crippen molar-refractivity contribution < 1.29 is 23.1 Å². The van der Waals surface area contributed by atoms with Crippen LogP contribution in [0.5, 0.6) is 0 Å². The van der Waals surface area contributed by atoms with Gasteiger partial charge in [-0.25, -0.2) is 13.2 Å². The summed E-state index contributed by atoms with van der Waals surface area (Å²) in [6.45, 7) is -0.0718.